The summed E-state index contributed by atoms with van der Waals surface area (Å²) < 4.78 is 13.5. The van der Waals surface area contributed by atoms with Crippen molar-refractivity contribution in [3.63, 3.8) is 0 Å². The van der Waals surface area contributed by atoms with Gasteiger partial charge in [0, 0.05) is 49.4 Å². The van der Waals surface area contributed by atoms with Crippen molar-refractivity contribution in [3.8, 4) is 22.4 Å². The molecule has 1 aliphatic rings. The summed E-state index contributed by atoms with van der Waals surface area (Å²) in [5, 5.41) is 0. The quantitative estimate of drug-likeness (QED) is 0.400. The van der Waals surface area contributed by atoms with Gasteiger partial charge in [-0.25, -0.2) is 4.39 Å². The predicted octanol–water partition coefficient (Wildman–Crippen LogP) is 6.21. The lowest BCUT2D eigenvalue weighted by Crippen LogP contribution is -2.30. The third-order valence-corrected chi connectivity index (χ3v) is 6.18. The number of halogens is 1. The summed E-state index contributed by atoms with van der Waals surface area (Å²) in [6.07, 6.45) is 10.2. The molecule has 0 amide bonds. The standard InChI is InChI=1S/C28H26FN3/c29-25-8-6-24(7-9-25)28-27(23-10-15-30-16-11-23)26(20-31-28)22-13-18-32(19-14-22)17-12-21-4-2-1-3-5-21/h1-11,13,15-16,20,31H,12,14,17-19H2. The Labute approximate surface area is 188 Å². The van der Waals surface area contributed by atoms with E-state index in [1.807, 2.05) is 36.7 Å². The van der Waals surface area contributed by atoms with Crippen LogP contribution in [0.5, 0.6) is 0 Å². The Morgan fingerprint density at radius 2 is 1.69 bits per heavy atom. The molecule has 2 aromatic heterocycles. The Morgan fingerprint density at radius 1 is 0.906 bits per heavy atom. The number of rotatable bonds is 6. The SMILES string of the molecule is Fc1ccc(-c2[nH]cc(C3=CCN(CCc4ccccc4)CC3)c2-c2ccncc2)cc1. The molecular formula is C28H26FN3. The van der Waals surface area contributed by atoms with Gasteiger partial charge in [-0.05, 0) is 71.5 Å². The number of nitrogens with one attached hydrogen (secondary N) is 1. The summed E-state index contributed by atoms with van der Waals surface area (Å²) in [7, 11) is 0. The van der Waals surface area contributed by atoms with E-state index in [0.717, 1.165) is 54.9 Å². The minimum absolute atomic E-state index is 0.225. The van der Waals surface area contributed by atoms with Crippen LogP contribution >= 0.6 is 0 Å². The van der Waals surface area contributed by atoms with Gasteiger partial charge in [-0.2, -0.15) is 0 Å². The van der Waals surface area contributed by atoms with E-state index < -0.39 is 0 Å². The van der Waals surface area contributed by atoms with Crippen LogP contribution in [-0.4, -0.2) is 34.5 Å². The van der Waals surface area contributed by atoms with Crippen molar-refractivity contribution in [1.29, 1.82) is 0 Å². The molecule has 5 rings (SSSR count). The van der Waals surface area contributed by atoms with Gasteiger partial charge in [0.15, 0.2) is 0 Å². The first-order valence-corrected chi connectivity index (χ1v) is 11.1. The van der Waals surface area contributed by atoms with Crippen LogP contribution in [0.2, 0.25) is 0 Å². The van der Waals surface area contributed by atoms with Crippen LogP contribution in [0.25, 0.3) is 28.0 Å². The van der Waals surface area contributed by atoms with E-state index in [1.165, 1.54) is 28.8 Å². The normalized spacial score (nSPS) is 14.3. The van der Waals surface area contributed by atoms with E-state index in [2.05, 4.69) is 57.5 Å². The van der Waals surface area contributed by atoms with Crippen LogP contribution in [0.3, 0.4) is 0 Å². The molecule has 0 unspecified atom stereocenters. The first kappa shape index (κ1) is 20.4. The fourth-order valence-corrected chi connectivity index (χ4v) is 4.43. The fraction of sp³-hybridized carbons (Fsp3) is 0.179. The van der Waals surface area contributed by atoms with Crippen molar-refractivity contribution in [2.24, 2.45) is 0 Å². The molecule has 0 saturated heterocycles. The first-order valence-electron chi connectivity index (χ1n) is 11.1. The highest BCUT2D eigenvalue weighted by atomic mass is 19.1. The van der Waals surface area contributed by atoms with Crippen LogP contribution in [0.4, 0.5) is 4.39 Å². The van der Waals surface area contributed by atoms with Crippen LogP contribution in [0.15, 0.2) is 91.4 Å². The zero-order chi connectivity index (χ0) is 21.8. The topological polar surface area (TPSA) is 31.9 Å². The molecule has 0 fully saturated rings. The lowest BCUT2D eigenvalue weighted by Gasteiger charge is -2.26. The van der Waals surface area contributed by atoms with Crippen LogP contribution in [0, 0.1) is 5.82 Å². The summed E-state index contributed by atoms with van der Waals surface area (Å²) in [6.45, 7) is 3.07. The molecule has 2 aromatic carbocycles. The van der Waals surface area contributed by atoms with E-state index >= 15 is 0 Å². The Bertz CT molecular complexity index is 1190. The molecule has 3 heterocycles. The maximum Gasteiger partial charge on any atom is 0.123 e. The number of hydrogen-bond acceptors (Lipinski definition) is 2. The summed E-state index contributed by atoms with van der Waals surface area (Å²) in [5.41, 5.74) is 8.22. The van der Waals surface area contributed by atoms with Crippen molar-refractivity contribution in [2.75, 3.05) is 19.6 Å². The fourth-order valence-electron chi connectivity index (χ4n) is 4.43. The van der Waals surface area contributed by atoms with Gasteiger partial charge in [0.2, 0.25) is 0 Å². The van der Waals surface area contributed by atoms with E-state index in [9.17, 15) is 4.39 Å². The summed E-state index contributed by atoms with van der Waals surface area (Å²) in [5.74, 6) is -0.225. The Kier molecular flexibility index (Phi) is 5.95. The Balaban J connectivity index is 1.41. The van der Waals surface area contributed by atoms with E-state index in [1.54, 1.807) is 0 Å². The average Bonchev–Trinajstić information content (AvgIpc) is 3.30. The highest BCUT2D eigenvalue weighted by molar-refractivity contribution is 5.91. The van der Waals surface area contributed by atoms with Gasteiger partial charge in [0.1, 0.15) is 5.82 Å². The molecule has 0 spiro atoms. The average molecular weight is 424 g/mol. The smallest absolute Gasteiger partial charge is 0.123 e. The zero-order valence-corrected chi connectivity index (χ0v) is 18.0. The molecule has 160 valence electrons. The van der Waals surface area contributed by atoms with Crippen molar-refractivity contribution in [3.05, 3.63) is 108 Å². The Hall–Kier alpha value is -3.50. The Morgan fingerprint density at radius 3 is 2.41 bits per heavy atom. The molecular weight excluding hydrogens is 397 g/mol. The van der Waals surface area contributed by atoms with Gasteiger partial charge >= 0.3 is 0 Å². The van der Waals surface area contributed by atoms with E-state index in [-0.39, 0.29) is 5.82 Å². The van der Waals surface area contributed by atoms with Gasteiger partial charge in [0.25, 0.3) is 0 Å². The van der Waals surface area contributed by atoms with E-state index in [0.29, 0.717) is 0 Å². The van der Waals surface area contributed by atoms with Crippen molar-refractivity contribution >= 4 is 5.57 Å². The minimum atomic E-state index is -0.225. The number of aromatic amines is 1. The van der Waals surface area contributed by atoms with Gasteiger partial charge in [-0.1, -0.05) is 36.4 Å². The molecule has 1 aliphatic heterocycles. The molecule has 0 bridgehead atoms. The third-order valence-electron chi connectivity index (χ3n) is 6.18. The molecule has 4 heteroatoms. The minimum Gasteiger partial charge on any atom is -0.360 e. The summed E-state index contributed by atoms with van der Waals surface area (Å²) >= 11 is 0. The number of pyridine rings is 1. The number of nitrogens with zero attached hydrogens (tertiary/aromatic N) is 2. The largest absolute Gasteiger partial charge is 0.360 e. The zero-order valence-electron chi connectivity index (χ0n) is 18.0. The second-order valence-electron chi connectivity index (χ2n) is 8.21. The highest BCUT2D eigenvalue weighted by Gasteiger charge is 2.20. The van der Waals surface area contributed by atoms with Crippen LogP contribution in [0.1, 0.15) is 17.5 Å². The highest BCUT2D eigenvalue weighted by Crippen LogP contribution is 2.39. The first-order chi connectivity index (χ1) is 15.8. The number of aromatic nitrogens is 2. The monoisotopic (exact) mass is 423 g/mol. The third kappa shape index (κ3) is 4.41. The van der Waals surface area contributed by atoms with Gasteiger partial charge in [-0.3, -0.25) is 9.88 Å². The molecule has 4 aromatic rings. The molecule has 1 N–H and O–H groups in total. The van der Waals surface area contributed by atoms with Crippen molar-refractivity contribution in [1.82, 2.24) is 14.9 Å². The van der Waals surface area contributed by atoms with E-state index in [4.69, 9.17) is 0 Å². The van der Waals surface area contributed by atoms with Crippen LogP contribution in [-0.2, 0) is 6.42 Å². The summed E-state index contributed by atoms with van der Waals surface area (Å²) in [6, 6.07) is 21.4. The maximum absolute atomic E-state index is 13.5. The molecule has 32 heavy (non-hydrogen) atoms. The molecule has 0 atom stereocenters. The number of hydrogen-bond donors (Lipinski definition) is 1. The molecule has 0 saturated carbocycles. The molecule has 3 nitrogen and oxygen atoms in total. The number of H-pyrrole nitrogens is 1. The number of benzene rings is 2. The molecule has 0 aliphatic carbocycles. The molecule has 0 radical (unpaired) electrons. The van der Waals surface area contributed by atoms with Gasteiger partial charge in [-0.15, -0.1) is 0 Å². The maximum atomic E-state index is 13.5. The van der Waals surface area contributed by atoms with Gasteiger partial charge in [0.05, 0.1) is 5.69 Å². The predicted molar refractivity (Wildman–Crippen MR) is 129 cm³/mol. The summed E-state index contributed by atoms with van der Waals surface area (Å²) in [4.78, 5) is 10.2. The van der Waals surface area contributed by atoms with Crippen molar-refractivity contribution in [2.45, 2.75) is 12.8 Å². The van der Waals surface area contributed by atoms with Crippen molar-refractivity contribution < 1.29 is 4.39 Å². The van der Waals surface area contributed by atoms with Crippen LogP contribution < -0.4 is 0 Å². The lowest BCUT2D eigenvalue weighted by atomic mass is 9.92. The van der Waals surface area contributed by atoms with Gasteiger partial charge < -0.3 is 4.98 Å². The second kappa shape index (κ2) is 9.33. The second-order valence-corrected chi connectivity index (χ2v) is 8.21. The lowest BCUT2D eigenvalue weighted by molar-refractivity contribution is 0.306.